The van der Waals surface area contributed by atoms with Crippen LogP contribution in [0.25, 0.3) is 0 Å². The van der Waals surface area contributed by atoms with Crippen LogP contribution in [0.2, 0.25) is 0 Å². The van der Waals surface area contributed by atoms with E-state index >= 15 is 0 Å². The molecule has 1 heterocycles. The van der Waals surface area contributed by atoms with Gasteiger partial charge in [-0.15, -0.1) is 0 Å². The number of halogens is 2. The molecule has 1 aliphatic heterocycles. The fourth-order valence-corrected chi connectivity index (χ4v) is 2.33. The molecule has 5 heteroatoms. The maximum absolute atomic E-state index is 13.0. The number of ketones is 1. The predicted molar refractivity (Wildman–Crippen MR) is 71.5 cm³/mol. The van der Waals surface area contributed by atoms with Gasteiger partial charge in [-0.2, -0.15) is 0 Å². The highest BCUT2D eigenvalue weighted by molar-refractivity contribution is 5.80. The lowest BCUT2D eigenvalue weighted by atomic mass is 10.1. The first kappa shape index (κ1) is 15.1. The highest BCUT2D eigenvalue weighted by atomic mass is 19.1. The molecular weight excluding hydrogens is 264 g/mol. The number of benzene rings is 1. The van der Waals surface area contributed by atoms with E-state index in [1.54, 1.807) is 0 Å². The zero-order valence-corrected chi connectivity index (χ0v) is 11.3. The highest BCUT2D eigenvalue weighted by Gasteiger charge is 2.14. The number of hydrogen-bond donors (Lipinski definition) is 1. The summed E-state index contributed by atoms with van der Waals surface area (Å²) in [5.74, 6) is -1.37. The molecule has 0 saturated carbocycles. The second kappa shape index (κ2) is 7.45. The maximum Gasteiger partial charge on any atom is 0.139 e. The average Bonchev–Trinajstić information content (AvgIpc) is 2.38. The molecule has 1 aliphatic rings. The molecule has 0 aliphatic carbocycles. The number of carbonyl (C=O) groups excluding carboxylic acids is 1. The summed E-state index contributed by atoms with van der Waals surface area (Å²) in [5.41, 5.74) is 0.370. The Hall–Kier alpha value is -1.33. The Morgan fingerprint density at radius 3 is 2.50 bits per heavy atom. The lowest BCUT2D eigenvalue weighted by molar-refractivity contribution is -0.120. The van der Waals surface area contributed by atoms with Gasteiger partial charge in [-0.05, 0) is 43.6 Å². The van der Waals surface area contributed by atoms with Gasteiger partial charge in [-0.1, -0.05) is 0 Å². The second-order valence-corrected chi connectivity index (χ2v) is 5.06. The van der Waals surface area contributed by atoms with E-state index in [0.717, 1.165) is 32.0 Å². The molecule has 20 heavy (non-hydrogen) atoms. The van der Waals surface area contributed by atoms with Crippen molar-refractivity contribution in [3.8, 4) is 0 Å². The summed E-state index contributed by atoms with van der Waals surface area (Å²) in [6, 6.07) is 3.18. The average molecular weight is 283 g/mol. The van der Waals surface area contributed by atoms with Crippen molar-refractivity contribution < 1.29 is 18.3 Å². The summed E-state index contributed by atoms with van der Waals surface area (Å²) in [5, 5.41) is 3.24. The van der Waals surface area contributed by atoms with Crippen LogP contribution in [0.1, 0.15) is 24.8 Å². The number of Topliss-reactive ketones (excluding diaryl/α,β-unsaturated/α-hetero) is 1. The largest absolute Gasteiger partial charge is 0.378 e. The summed E-state index contributed by atoms with van der Waals surface area (Å²) < 4.78 is 31.6. The first-order chi connectivity index (χ1) is 9.63. The SMILES string of the molecule is O=C(CCOC1CCNCC1)Cc1cc(F)cc(F)c1. The van der Waals surface area contributed by atoms with Crippen LogP contribution in [-0.2, 0) is 16.0 Å². The Labute approximate surface area is 117 Å². The summed E-state index contributed by atoms with van der Waals surface area (Å²) in [6.07, 6.45) is 2.47. The zero-order valence-electron chi connectivity index (χ0n) is 11.3. The molecule has 1 fully saturated rings. The van der Waals surface area contributed by atoms with E-state index in [1.807, 2.05) is 0 Å². The zero-order chi connectivity index (χ0) is 14.4. The summed E-state index contributed by atoms with van der Waals surface area (Å²) in [6.45, 7) is 2.27. The minimum absolute atomic E-state index is 0.0459. The van der Waals surface area contributed by atoms with Crippen molar-refractivity contribution in [2.24, 2.45) is 0 Å². The van der Waals surface area contributed by atoms with Gasteiger partial charge in [-0.3, -0.25) is 4.79 Å². The van der Waals surface area contributed by atoms with Crippen LogP contribution in [0, 0.1) is 11.6 Å². The smallest absolute Gasteiger partial charge is 0.139 e. The molecule has 1 aromatic rings. The molecule has 1 N–H and O–H groups in total. The monoisotopic (exact) mass is 283 g/mol. The summed E-state index contributed by atoms with van der Waals surface area (Å²) in [4.78, 5) is 11.7. The number of carbonyl (C=O) groups is 1. The Kier molecular flexibility index (Phi) is 5.61. The van der Waals surface area contributed by atoms with Crippen molar-refractivity contribution in [3.05, 3.63) is 35.4 Å². The van der Waals surface area contributed by atoms with Gasteiger partial charge >= 0.3 is 0 Å². The lowest BCUT2D eigenvalue weighted by Crippen LogP contribution is -2.32. The van der Waals surface area contributed by atoms with Crippen molar-refractivity contribution in [3.63, 3.8) is 0 Å². The molecule has 0 spiro atoms. The molecule has 0 atom stereocenters. The van der Waals surface area contributed by atoms with Crippen LogP contribution < -0.4 is 5.32 Å². The van der Waals surface area contributed by atoms with E-state index in [1.165, 1.54) is 12.1 Å². The van der Waals surface area contributed by atoms with E-state index in [-0.39, 0.29) is 24.7 Å². The standard InChI is InChI=1S/C15H19F2NO2/c16-12-7-11(8-13(17)10-12)9-14(19)3-6-20-15-1-4-18-5-2-15/h7-8,10,15,18H,1-6,9H2. The molecular formula is C15H19F2NO2. The van der Waals surface area contributed by atoms with Crippen molar-refractivity contribution in [2.45, 2.75) is 31.8 Å². The minimum atomic E-state index is -0.654. The Bertz CT molecular complexity index is 439. The maximum atomic E-state index is 13.0. The van der Waals surface area contributed by atoms with Gasteiger partial charge in [0.15, 0.2) is 0 Å². The number of rotatable bonds is 6. The molecule has 0 bridgehead atoms. The summed E-state index contributed by atoms with van der Waals surface area (Å²) in [7, 11) is 0. The highest BCUT2D eigenvalue weighted by Crippen LogP contribution is 2.11. The third kappa shape index (κ3) is 4.98. The normalized spacial score (nSPS) is 16.3. The minimum Gasteiger partial charge on any atom is -0.378 e. The molecule has 1 saturated heterocycles. The molecule has 0 radical (unpaired) electrons. The topological polar surface area (TPSA) is 38.3 Å². The molecule has 2 rings (SSSR count). The van der Waals surface area contributed by atoms with Gasteiger partial charge in [0.25, 0.3) is 0 Å². The molecule has 1 aromatic carbocycles. The molecule has 0 amide bonds. The Morgan fingerprint density at radius 1 is 1.20 bits per heavy atom. The first-order valence-corrected chi connectivity index (χ1v) is 6.92. The van der Waals surface area contributed by atoms with Crippen molar-refractivity contribution in [2.75, 3.05) is 19.7 Å². The quantitative estimate of drug-likeness (QED) is 0.870. The second-order valence-electron chi connectivity index (χ2n) is 5.06. The van der Waals surface area contributed by atoms with E-state index in [4.69, 9.17) is 4.74 Å². The van der Waals surface area contributed by atoms with Gasteiger partial charge in [0.05, 0.1) is 12.7 Å². The third-order valence-corrected chi connectivity index (χ3v) is 3.34. The summed E-state index contributed by atoms with van der Waals surface area (Å²) >= 11 is 0. The predicted octanol–water partition coefficient (Wildman–Crippen LogP) is 2.24. The van der Waals surface area contributed by atoms with Gasteiger partial charge < -0.3 is 10.1 Å². The molecule has 110 valence electrons. The number of piperidine rings is 1. The first-order valence-electron chi connectivity index (χ1n) is 6.92. The van der Waals surface area contributed by atoms with Gasteiger partial charge in [0.1, 0.15) is 17.4 Å². The van der Waals surface area contributed by atoms with Crippen molar-refractivity contribution in [1.29, 1.82) is 0 Å². The lowest BCUT2D eigenvalue weighted by Gasteiger charge is -2.22. The fraction of sp³-hybridized carbons (Fsp3) is 0.533. The van der Waals surface area contributed by atoms with Crippen LogP contribution >= 0.6 is 0 Å². The van der Waals surface area contributed by atoms with Crippen molar-refractivity contribution >= 4 is 5.78 Å². The van der Waals surface area contributed by atoms with Crippen LogP contribution in [0.5, 0.6) is 0 Å². The van der Waals surface area contributed by atoms with Crippen LogP contribution in [0.15, 0.2) is 18.2 Å². The Morgan fingerprint density at radius 2 is 1.85 bits per heavy atom. The third-order valence-electron chi connectivity index (χ3n) is 3.34. The van der Waals surface area contributed by atoms with Crippen LogP contribution in [-0.4, -0.2) is 31.6 Å². The van der Waals surface area contributed by atoms with Gasteiger partial charge in [0, 0.05) is 18.9 Å². The fourth-order valence-electron chi connectivity index (χ4n) is 2.33. The molecule has 3 nitrogen and oxygen atoms in total. The van der Waals surface area contributed by atoms with Gasteiger partial charge in [0.2, 0.25) is 0 Å². The van der Waals surface area contributed by atoms with E-state index in [9.17, 15) is 13.6 Å². The van der Waals surface area contributed by atoms with Gasteiger partial charge in [-0.25, -0.2) is 8.78 Å². The van der Waals surface area contributed by atoms with E-state index in [0.29, 0.717) is 12.2 Å². The Balaban J connectivity index is 1.72. The molecule has 0 aromatic heterocycles. The van der Waals surface area contributed by atoms with Crippen molar-refractivity contribution in [1.82, 2.24) is 5.32 Å². The van der Waals surface area contributed by atoms with E-state index < -0.39 is 11.6 Å². The molecule has 0 unspecified atom stereocenters. The van der Waals surface area contributed by atoms with E-state index in [2.05, 4.69) is 5.32 Å². The number of hydrogen-bond acceptors (Lipinski definition) is 3. The number of nitrogens with one attached hydrogen (secondary N) is 1. The van der Waals surface area contributed by atoms with Crippen LogP contribution in [0.4, 0.5) is 8.78 Å². The van der Waals surface area contributed by atoms with Crippen LogP contribution in [0.3, 0.4) is 0 Å². The number of ether oxygens (including phenoxy) is 1.